The van der Waals surface area contributed by atoms with Crippen LogP contribution in [0.15, 0.2) is 36.7 Å². The van der Waals surface area contributed by atoms with E-state index in [2.05, 4.69) is 27.1 Å². The molecule has 1 amide bonds. The van der Waals surface area contributed by atoms with Gasteiger partial charge in [-0.3, -0.25) is 4.79 Å². The molecule has 3 rings (SSSR count). The maximum atomic E-state index is 12.4. The van der Waals surface area contributed by atoms with E-state index in [9.17, 15) is 9.59 Å². The lowest BCUT2D eigenvalue weighted by molar-refractivity contribution is 0.0696. The van der Waals surface area contributed by atoms with Gasteiger partial charge in [-0.2, -0.15) is 0 Å². The molecule has 2 N–H and O–H groups in total. The molecule has 7 nitrogen and oxygen atoms in total. The van der Waals surface area contributed by atoms with Crippen LogP contribution in [0.1, 0.15) is 46.2 Å². The predicted octanol–water partition coefficient (Wildman–Crippen LogP) is 2.14. The molecule has 0 spiro atoms. The summed E-state index contributed by atoms with van der Waals surface area (Å²) in [4.78, 5) is 34.1. The fraction of sp³-hybridized carbons (Fsp3) is 0.368. The zero-order valence-corrected chi connectivity index (χ0v) is 14.7. The quantitative estimate of drug-likeness (QED) is 0.854. The van der Waals surface area contributed by atoms with Gasteiger partial charge in [0.25, 0.3) is 5.91 Å². The highest BCUT2D eigenvalue weighted by molar-refractivity contribution is 5.96. The third-order valence-corrected chi connectivity index (χ3v) is 4.55. The highest BCUT2D eigenvalue weighted by Crippen LogP contribution is 2.18. The molecule has 1 saturated heterocycles. The number of carboxylic acid groups (broad SMARTS) is 1. The van der Waals surface area contributed by atoms with E-state index in [4.69, 9.17) is 5.11 Å². The first kappa shape index (κ1) is 17.8. The average Bonchev–Trinajstić information content (AvgIpc) is 2.68. The Hall–Kier alpha value is -2.96. The molecule has 1 aliphatic rings. The van der Waals surface area contributed by atoms with E-state index < -0.39 is 5.97 Å². The van der Waals surface area contributed by atoms with Crippen molar-refractivity contribution in [2.24, 2.45) is 0 Å². The molecule has 0 aliphatic carbocycles. The first-order chi connectivity index (χ1) is 12.6. The Bertz CT molecular complexity index is 792. The first-order valence-electron chi connectivity index (χ1n) is 8.77. The first-order valence-corrected chi connectivity index (χ1v) is 8.77. The Labute approximate surface area is 152 Å². The minimum absolute atomic E-state index is 0.0236. The number of hydrogen-bond donors (Lipinski definition) is 2. The standard InChI is InChI=1S/C19H22N4O3/c1-2-15-10-17(21-12-20-15)23-9-3-4-16(11-23)22-18(24)13-5-7-14(8-6-13)19(25)26/h5-8,10,12,16H,2-4,9,11H2,1H3,(H,22,24)(H,25,26). The van der Waals surface area contributed by atoms with E-state index in [1.807, 2.05) is 6.07 Å². The summed E-state index contributed by atoms with van der Waals surface area (Å²) in [5.74, 6) is -0.302. The minimum atomic E-state index is -1.00. The molecule has 1 unspecified atom stereocenters. The summed E-state index contributed by atoms with van der Waals surface area (Å²) in [7, 11) is 0. The van der Waals surface area contributed by atoms with E-state index in [1.54, 1.807) is 6.33 Å². The summed E-state index contributed by atoms with van der Waals surface area (Å²) < 4.78 is 0. The summed E-state index contributed by atoms with van der Waals surface area (Å²) in [6.07, 6.45) is 4.31. The van der Waals surface area contributed by atoms with Crippen LogP contribution in [0.4, 0.5) is 5.82 Å². The maximum absolute atomic E-state index is 12.4. The summed E-state index contributed by atoms with van der Waals surface area (Å²) in [5.41, 5.74) is 1.63. The molecule has 1 aromatic carbocycles. The number of benzene rings is 1. The normalized spacial score (nSPS) is 17.0. The Balaban J connectivity index is 1.64. The lowest BCUT2D eigenvalue weighted by Crippen LogP contribution is -2.48. The van der Waals surface area contributed by atoms with Crippen LogP contribution in [0.2, 0.25) is 0 Å². The largest absolute Gasteiger partial charge is 0.478 e. The van der Waals surface area contributed by atoms with Crippen molar-refractivity contribution in [1.82, 2.24) is 15.3 Å². The fourth-order valence-corrected chi connectivity index (χ4v) is 3.09. The van der Waals surface area contributed by atoms with Crippen molar-refractivity contribution in [3.63, 3.8) is 0 Å². The second kappa shape index (κ2) is 7.95. The van der Waals surface area contributed by atoms with Crippen LogP contribution in [-0.2, 0) is 6.42 Å². The summed E-state index contributed by atoms with van der Waals surface area (Å²) in [5, 5.41) is 12.0. The molecule has 26 heavy (non-hydrogen) atoms. The van der Waals surface area contributed by atoms with Crippen molar-refractivity contribution in [2.45, 2.75) is 32.2 Å². The molecule has 1 fully saturated rings. The van der Waals surface area contributed by atoms with Gasteiger partial charge >= 0.3 is 5.97 Å². The van der Waals surface area contributed by atoms with E-state index in [0.717, 1.165) is 37.3 Å². The van der Waals surface area contributed by atoms with Gasteiger partial charge in [0.1, 0.15) is 12.1 Å². The van der Waals surface area contributed by atoms with Gasteiger partial charge in [-0.15, -0.1) is 0 Å². The number of nitrogens with one attached hydrogen (secondary N) is 1. The zero-order valence-electron chi connectivity index (χ0n) is 14.7. The van der Waals surface area contributed by atoms with Crippen molar-refractivity contribution in [3.05, 3.63) is 53.5 Å². The Morgan fingerprint density at radius 2 is 1.96 bits per heavy atom. The van der Waals surface area contributed by atoms with Crippen molar-refractivity contribution >= 4 is 17.7 Å². The molecule has 7 heteroatoms. The molecule has 136 valence electrons. The number of rotatable bonds is 5. The van der Waals surface area contributed by atoms with Crippen molar-refractivity contribution in [3.8, 4) is 0 Å². The zero-order chi connectivity index (χ0) is 18.5. The van der Waals surface area contributed by atoms with Gasteiger partial charge < -0.3 is 15.3 Å². The number of hydrogen-bond acceptors (Lipinski definition) is 5. The molecule has 1 aliphatic heterocycles. The summed E-state index contributed by atoms with van der Waals surface area (Å²) >= 11 is 0. The highest BCUT2D eigenvalue weighted by Gasteiger charge is 2.23. The Kier molecular flexibility index (Phi) is 5.46. The van der Waals surface area contributed by atoms with Crippen LogP contribution in [0.5, 0.6) is 0 Å². The summed E-state index contributed by atoms with van der Waals surface area (Å²) in [6.45, 7) is 3.65. The van der Waals surface area contributed by atoms with Gasteiger partial charge in [0.05, 0.1) is 5.56 Å². The number of nitrogens with zero attached hydrogens (tertiary/aromatic N) is 3. The number of amides is 1. The van der Waals surface area contributed by atoms with Gasteiger partial charge in [0.15, 0.2) is 0 Å². The van der Waals surface area contributed by atoms with Crippen LogP contribution in [0.3, 0.4) is 0 Å². The van der Waals surface area contributed by atoms with E-state index >= 15 is 0 Å². The van der Waals surface area contributed by atoms with E-state index in [1.165, 1.54) is 24.3 Å². The molecule has 1 aromatic heterocycles. The maximum Gasteiger partial charge on any atom is 0.335 e. The predicted molar refractivity (Wildman–Crippen MR) is 97.5 cm³/mol. The van der Waals surface area contributed by atoms with Crippen molar-refractivity contribution in [2.75, 3.05) is 18.0 Å². The number of aromatic nitrogens is 2. The number of aryl methyl sites for hydroxylation is 1. The Morgan fingerprint density at radius 1 is 1.23 bits per heavy atom. The average molecular weight is 354 g/mol. The molecular weight excluding hydrogens is 332 g/mol. The van der Waals surface area contributed by atoms with Gasteiger partial charge in [-0.1, -0.05) is 6.92 Å². The number of piperidine rings is 1. The highest BCUT2D eigenvalue weighted by atomic mass is 16.4. The lowest BCUT2D eigenvalue weighted by Gasteiger charge is -2.34. The second-order valence-electron chi connectivity index (χ2n) is 6.36. The summed E-state index contributed by atoms with van der Waals surface area (Å²) in [6, 6.07) is 7.98. The van der Waals surface area contributed by atoms with Crippen LogP contribution in [-0.4, -0.2) is 46.1 Å². The fourth-order valence-electron chi connectivity index (χ4n) is 3.09. The van der Waals surface area contributed by atoms with Crippen LogP contribution < -0.4 is 10.2 Å². The monoisotopic (exact) mass is 354 g/mol. The molecule has 2 heterocycles. The molecular formula is C19H22N4O3. The smallest absolute Gasteiger partial charge is 0.335 e. The van der Waals surface area contributed by atoms with Crippen LogP contribution >= 0.6 is 0 Å². The van der Waals surface area contributed by atoms with Gasteiger partial charge in [-0.05, 0) is 43.5 Å². The third kappa shape index (κ3) is 4.17. The number of anilines is 1. The lowest BCUT2D eigenvalue weighted by atomic mass is 10.0. The number of carbonyl (C=O) groups excluding carboxylic acids is 1. The molecule has 0 bridgehead atoms. The SMILES string of the molecule is CCc1cc(N2CCCC(NC(=O)c3ccc(C(=O)O)cc3)C2)ncn1. The molecule has 0 radical (unpaired) electrons. The van der Waals surface area contributed by atoms with Gasteiger partial charge in [0.2, 0.25) is 0 Å². The van der Waals surface area contributed by atoms with E-state index in [-0.39, 0.29) is 17.5 Å². The third-order valence-electron chi connectivity index (χ3n) is 4.55. The molecule has 0 saturated carbocycles. The minimum Gasteiger partial charge on any atom is -0.478 e. The Morgan fingerprint density at radius 3 is 2.65 bits per heavy atom. The van der Waals surface area contributed by atoms with E-state index in [0.29, 0.717) is 12.1 Å². The van der Waals surface area contributed by atoms with Gasteiger partial charge in [-0.25, -0.2) is 14.8 Å². The van der Waals surface area contributed by atoms with Crippen LogP contribution in [0, 0.1) is 0 Å². The van der Waals surface area contributed by atoms with Crippen molar-refractivity contribution in [1.29, 1.82) is 0 Å². The number of carbonyl (C=O) groups is 2. The topological polar surface area (TPSA) is 95.4 Å². The second-order valence-corrected chi connectivity index (χ2v) is 6.36. The molecule has 2 aromatic rings. The van der Waals surface area contributed by atoms with Crippen molar-refractivity contribution < 1.29 is 14.7 Å². The van der Waals surface area contributed by atoms with Crippen LogP contribution in [0.25, 0.3) is 0 Å². The van der Waals surface area contributed by atoms with Gasteiger partial charge in [0, 0.05) is 36.5 Å². The number of aromatic carboxylic acids is 1. The molecule has 1 atom stereocenters. The number of carboxylic acids is 1.